The molecular weight excluding hydrogens is 402 g/mol. The fraction of sp³-hybridized carbons (Fsp3) is 0.346. The summed E-state index contributed by atoms with van der Waals surface area (Å²) in [6.07, 6.45) is 2.74. The number of rotatable bonds is 7. The minimum atomic E-state index is -0.0103. The summed E-state index contributed by atoms with van der Waals surface area (Å²) in [4.78, 5) is 6.73. The highest BCUT2D eigenvalue weighted by molar-refractivity contribution is 5.54. The third-order valence-electron chi connectivity index (χ3n) is 6.14. The first-order valence-electron chi connectivity index (χ1n) is 10.9. The molecule has 1 aromatic heterocycles. The van der Waals surface area contributed by atoms with Crippen LogP contribution in [0.2, 0.25) is 0 Å². The lowest BCUT2D eigenvalue weighted by Crippen LogP contribution is -2.34. The summed E-state index contributed by atoms with van der Waals surface area (Å²) in [6.45, 7) is 2.78. The molecule has 32 heavy (non-hydrogen) atoms. The second kappa shape index (κ2) is 9.59. The Labute approximate surface area is 189 Å². The van der Waals surface area contributed by atoms with Gasteiger partial charge in [0.2, 0.25) is 0 Å². The molecule has 168 valence electrons. The van der Waals surface area contributed by atoms with Gasteiger partial charge in [0.1, 0.15) is 0 Å². The van der Waals surface area contributed by atoms with Gasteiger partial charge in [0, 0.05) is 25.5 Å². The molecule has 0 unspecified atom stereocenters. The van der Waals surface area contributed by atoms with Crippen LogP contribution in [0.5, 0.6) is 11.5 Å². The van der Waals surface area contributed by atoms with Crippen LogP contribution in [-0.4, -0.2) is 44.5 Å². The number of aryl methyl sites for hydroxylation is 1. The van der Waals surface area contributed by atoms with Crippen molar-refractivity contribution in [1.82, 2.24) is 10.3 Å². The monoisotopic (exact) mass is 433 g/mol. The Morgan fingerprint density at radius 1 is 1.06 bits per heavy atom. The second-order valence-corrected chi connectivity index (χ2v) is 8.26. The maximum absolute atomic E-state index is 9.23. The van der Waals surface area contributed by atoms with E-state index < -0.39 is 0 Å². The average Bonchev–Trinajstić information content (AvgIpc) is 2.83. The van der Waals surface area contributed by atoms with E-state index in [9.17, 15) is 5.11 Å². The first-order valence-corrected chi connectivity index (χ1v) is 10.9. The first kappa shape index (κ1) is 22.1. The summed E-state index contributed by atoms with van der Waals surface area (Å²) >= 11 is 0. The minimum Gasteiger partial charge on any atom is -0.493 e. The van der Waals surface area contributed by atoms with Crippen LogP contribution in [0.25, 0.3) is 0 Å². The van der Waals surface area contributed by atoms with Crippen LogP contribution in [0.3, 0.4) is 0 Å². The lowest BCUT2D eigenvalue weighted by Gasteiger charge is -2.34. The highest BCUT2D eigenvalue weighted by Crippen LogP contribution is 2.41. The van der Waals surface area contributed by atoms with E-state index in [2.05, 4.69) is 65.8 Å². The molecule has 0 spiro atoms. The Bertz CT molecular complexity index is 1050. The molecule has 0 saturated carbocycles. The van der Waals surface area contributed by atoms with Crippen LogP contribution < -0.4 is 19.7 Å². The minimum absolute atomic E-state index is 0.0103. The number of anilines is 1. The molecule has 0 saturated heterocycles. The van der Waals surface area contributed by atoms with Crippen LogP contribution in [0, 0.1) is 6.92 Å². The van der Waals surface area contributed by atoms with E-state index in [1.54, 1.807) is 14.2 Å². The van der Waals surface area contributed by atoms with Crippen LogP contribution in [-0.2, 0) is 6.42 Å². The molecule has 2 N–H and O–H groups in total. The molecule has 0 radical (unpaired) electrons. The van der Waals surface area contributed by atoms with E-state index in [0.29, 0.717) is 6.54 Å². The van der Waals surface area contributed by atoms with E-state index in [1.165, 1.54) is 11.1 Å². The summed E-state index contributed by atoms with van der Waals surface area (Å²) < 4.78 is 11.2. The van der Waals surface area contributed by atoms with E-state index in [-0.39, 0.29) is 18.7 Å². The van der Waals surface area contributed by atoms with Crippen molar-refractivity contribution in [2.45, 2.75) is 25.4 Å². The van der Waals surface area contributed by atoms with Gasteiger partial charge in [-0.25, -0.2) is 0 Å². The number of nitrogens with zero attached hydrogens (tertiary/aromatic N) is 2. The number of benzene rings is 2. The molecule has 0 fully saturated rings. The fourth-order valence-electron chi connectivity index (χ4n) is 4.30. The van der Waals surface area contributed by atoms with Gasteiger partial charge in [-0.3, -0.25) is 10.3 Å². The maximum atomic E-state index is 9.23. The maximum Gasteiger partial charge on any atom is 0.161 e. The molecular formula is C26H31N3O3. The highest BCUT2D eigenvalue weighted by Gasteiger charge is 2.30. The fourth-order valence-corrected chi connectivity index (χ4v) is 4.30. The zero-order valence-electron chi connectivity index (χ0n) is 19.1. The predicted octanol–water partition coefficient (Wildman–Crippen LogP) is 3.81. The van der Waals surface area contributed by atoms with Crippen molar-refractivity contribution in [1.29, 1.82) is 0 Å². The molecule has 4 rings (SSSR count). The van der Waals surface area contributed by atoms with Crippen LogP contribution in [0.4, 0.5) is 5.69 Å². The van der Waals surface area contributed by atoms with Crippen molar-refractivity contribution in [2.24, 2.45) is 0 Å². The van der Waals surface area contributed by atoms with Crippen molar-refractivity contribution >= 4 is 5.69 Å². The van der Waals surface area contributed by atoms with Gasteiger partial charge in [-0.1, -0.05) is 18.2 Å². The quantitative estimate of drug-likeness (QED) is 0.591. The Morgan fingerprint density at radius 3 is 2.41 bits per heavy atom. The first-order chi connectivity index (χ1) is 15.5. The number of aromatic nitrogens is 1. The summed E-state index contributed by atoms with van der Waals surface area (Å²) in [5, 5.41) is 13.0. The van der Waals surface area contributed by atoms with Gasteiger partial charge in [0.05, 0.1) is 38.6 Å². The topological polar surface area (TPSA) is 66.9 Å². The van der Waals surface area contributed by atoms with Crippen LogP contribution >= 0.6 is 0 Å². The van der Waals surface area contributed by atoms with Gasteiger partial charge in [-0.15, -0.1) is 0 Å². The number of hydrogen-bond acceptors (Lipinski definition) is 6. The summed E-state index contributed by atoms with van der Waals surface area (Å²) in [5.74, 6) is 1.47. The molecule has 0 amide bonds. The number of fused-ring (bicyclic) bond motifs is 1. The van der Waals surface area contributed by atoms with Crippen LogP contribution in [0.15, 0.2) is 54.7 Å². The molecule has 2 atom stereocenters. The summed E-state index contributed by atoms with van der Waals surface area (Å²) in [5.41, 5.74) is 6.82. The lowest BCUT2D eigenvalue weighted by atomic mass is 9.85. The molecule has 1 aliphatic rings. The Morgan fingerprint density at radius 2 is 1.78 bits per heavy atom. The van der Waals surface area contributed by atoms with Crippen molar-refractivity contribution in [3.05, 3.63) is 82.7 Å². The van der Waals surface area contributed by atoms with Crippen LogP contribution in [0.1, 0.15) is 40.0 Å². The van der Waals surface area contributed by atoms with E-state index in [4.69, 9.17) is 9.47 Å². The summed E-state index contributed by atoms with van der Waals surface area (Å²) in [7, 11) is 5.32. The number of methoxy groups -OCH3 is 2. The van der Waals surface area contributed by atoms with Crippen molar-refractivity contribution in [3.8, 4) is 11.5 Å². The van der Waals surface area contributed by atoms with Gasteiger partial charge in [0.15, 0.2) is 11.5 Å². The number of hydrogen-bond donors (Lipinski definition) is 2. The number of nitrogens with one attached hydrogen (secondary N) is 1. The van der Waals surface area contributed by atoms with Gasteiger partial charge in [0.25, 0.3) is 0 Å². The third-order valence-corrected chi connectivity index (χ3v) is 6.14. The largest absolute Gasteiger partial charge is 0.493 e. The molecule has 0 aliphatic carbocycles. The average molecular weight is 434 g/mol. The van der Waals surface area contributed by atoms with E-state index in [1.807, 2.05) is 18.1 Å². The molecule has 2 aromatic carbocycles. The normalized spacial score (nSPS) is 17.5. The number of aliphatic hydroxyl groups excluding tert-OH is 1. The third kappa shape index (κ3) is 4.42. The molecule has 0 bridgehead atoms. The molecule has 3 aromatic rings. The summed E-state index contributed by atoms with van der Waals surface area (Å²) in [6, 6.07) is 16.9. The zero-order valence-corrected chi connectivity index (χ0v) is 19.1. The van der Waals surface area contributed by atoms with Gasteiger partial charge in [-0.05, 0) is 65.9 Å². The Kier molecular flexibility index (Phi) is 6.63. The van der Waals surface area contributed by atoms with Gasteiger partial charge < -0.3 is 19.5 Å². The smallest absolute Gasteiger partial charge is 0.161 e. The molecule has 2 heterocycles. The number of likely N-dealkylation sites (N-methyl/N-ethyl adjacent to an activating group) is 1. The molecule has 6 heteroatoms. The van der Waals surface area contributed by atoms with E-state index in [0.717, 1.165) is 40.4 Å². The Balaban J connectivity index is 1.75. The molecule has 1 aliphatic heterocycles. The van der Waals surface area contributed by atoms with Crippen molar-refractivity contribution in [2.75, 3.05) is 39.3 Å². The van der Waals surface area contributed by atoms with E-state index >= 15 is 0 Å². The highest BCUT2D eigenvalue weighted by atomic mass is 16.5. The second-order valence-electron chi connectivity index (χ2n) is 8.26. The predicted molar refractivity (Wildman–Crippen MR) is 127 cm³/mol. The number of pyridine rings is 1. The SMILES string of the molecule is COc1cc2c(cc1OC)[C@@H](c1ccc(N(C)CCO)cc1)N[C@@H](c1ccc(C)cn1)C2. The number of aliphatic hydroxyl groups is 1. The van der Waals surface area contributed by atoms with Gasteiger partial charge >= 0.3 is 0 Å². The number of ether oxygens (including phenoxy) is 2. The van der Waals surface area contributed by atoms with Crippen molar-refractivity contribution in [3.63, 3.8) is 0 Å². The molecule has 6 nitrogen and oxygen atoms in total. The standard InChI is InChI=1S/C26H31N3O3/c1-17-5-10-22(27-16-17)23-13-19-14-24(31-3)25(32-4)15-21(19)26(28-23)18-6-8-20(9-7-18)29(2)11-12-30/h5-10,14-16,23,26,28,30H,11-13H2,1-4H3/t23-,26-/m1/s1. The van der Waals surface area contributed by atoms with Gasteiger partial charge in [-0.2, -0.15) is 0 Å². The Hall–Kier alpha value is -3.09. The van der Waals surface area contributed by atoms with Crippen molar-refractivity contribution < 1.29 is 14.6 Å². The zero-order chi connectivity index (χ0) is 22.7. The lowest BCUT2D eigenvalue weighted by molar-refractivity contribution is 0.304.